The van der Waals surface area contributed by atoms with Crippen LogP contribution in [0.15, 0.2) is 18.3 Å². The molecule has 0 amide bonds. The Morgan fingerprint density at radius 1 is 0.789 bits per heavy atom. The third kappa shape index (κ3) is 0.0911. The standard InChI is InChI=1S/C5H7N3.2C5H5.Fe/c6-4-2-1-3-8-5(4)7;2*1-2-4-5-3-1;/h1-3H,6H2,(H2,7,8);2*1-5H;. The van der Waals surface area contributed by atoms with Crippen LogP contribution in [0.2, 0.25) is 48.2 Å². The van der Waals surface area contributed by atoms with Gasteiger partial charge in [-0.15, -0.1) is 0 Å². The molecule has 11 rings (SSSR count). The van der Waals surface area contributed by atoms with Crippen LogP contribution in [0, 0.1) is 0 Å². The number of nitrogens with two attached hydrogens (primary N) is 2. The van der Waals surface area contributed by atoms with Crippen LogP contribution >= 0.6 is 0 Å². The van der Waals surface area contributed by atoms with Gasteiger partial charge in [0.15, 0.2) is 0 Å². The van der Waals surface area contributed by atoms with Crippen molar-refractivity contribution in [2.75, 3.05) is 11.5 Å². The predicted octanol–water partition coefficient (Wildman–Crippen LogP) is 3.62. The Labute approximate surface area is 101 Å². The van der Waals surface area contributed by atoms with Crippen molar-refractivity contribution in [3.05, 3.63) is 18.3 Å². The van der Waals surface area contributed by atoms with Gasteiger partial charge in [-0.05, 0) is 12.1 Å². The van der Waals surface area contributed by atoms with E-state index in [2.05, 4.69) is 4.98 Å². The molecule has 0 aromatic carbocycles. The van der Waals surface area contributed by atoms with Gasteiger partial charge in [-0.1, -0.05) is 0 Å². The molecule has 11 heterocycles. The maximum atomic E-state index is 5.33. The molecule has 19 heavy (non-hydrogen) atoms. The fourth-order valence-corrected chi connectivity index (χ4v) is 88.4. The zero-order chi connectivity index (χ0) is 12.1. The van der Waals surface area contributed by atoms with Gasteiger partial charge >= 0.3 is 54.7 Å². The van der Waals surface area contributed by atoms with Gasteiger partial charge in [-0.2, -0.15) is 0 Å². The van der Waals surface area contributed by atoms with Crippen LogP contribution < -0.4 is 11.5 Å². The second-order valence-corrected chi connectivity index (χ2v) is 35.0. The number of pyridine rings is 1. The monoisotopic (exact) mass is 295 g/mol. The summed E-state index contributed by atoms with van der Waals surface area (Å²) < 4.78 is 0. The molecule has 0 aliphatic carbocycles. The SMILES string of the molecule is Nc1cccnc1N.[CH]12[CH]3[CH]4[CH]5[CH]1[Fe]23451678[CH]2[CH]1[CH]6[CH]7[CH]28. The molecule has 0 radical (unpaired) electrons. The number of hydrogen-bond acceptors (Lipinski definition) is 3. The van der Waals surface area contributed by atoms with E-state index in [-0.39, 0.29) is 0 Å². The maximum absolute atomic E-state index is 5.33. The van der Waals surface area contributed by atoms with Crippen molar-refractivity contribution >= 4 is 11.5 Å². The van der Waals surface area contributed by atoms with E-state index >= 15 is 0 Å². The third-order valence-electron chi connectivity index (χ3n) is 15.4. The Morgan fingerprint density at radius 2 is 1.21 bits per heavy atom. The summed E-state index contributed by atoms with van der Waals surface area (Å²) in [6.45, 7) is -2.28. The van der Waals surface area contributed by atoms with E-state index < -0.39 is 6.51 Å². The Bertz CT molecular complexity index is 890. The van der Waals surface area contributed by atoms with Crippen molar-refractivity contribution in [2.45, 2.75) is 48.2 Å². The summed E-state index contributed by atoms with van der Waals surface area (Å²) in [5.41, 5.74) is 11.2. The first kappa shape index (κ1) is 7.33. The topological polar surface area (TPSA) is 64.9 Å². The molecule has 10 fully saturated rings. The van der Waals surface area contributed by atoms with Crippen molar-refractivity contribution in [1.29, 1.82) is 0 Å². The number of anilines is 2. The van der Waals surface area contributed by atoms with Gasteiger partial charge in [0.25, 0.3) is 0 Å². The quantitative estimate of drug-likeness (QED) is 0.718. The first-order chi connectivity index (χ1) is 8.96. The molecule has 100 valence electrons. The molecular formula is C15H17FeN3. The summed E-state index contributed by atoms with van der Waals surface area (Å²) in [6, 6.07) is 3.45. The van der Waals surface area contributed by atoms with Gasteiger partial charge in [-0.3, -0.25) is 0 Å². The third-order valence-corrected chi connectivity index (χ3v) is 57.3. The molecule has 10 aliphatic rings. The van der Waals surface area contributed by atoms with Crippen LogP contribution in [0.1, 0.15) is 0 Å². The van der Waals surface area contributed by atoms with Crippen LogP contribution in [-0.4, -0.2) is 4.98 Å². The fraction of sp³-hybridized carbons (Fsp3) is 0.667. The summed E-state index contributed by atoms with van der Waals surface area (Å²) in [7, 11) is 0. The molecule has 1 aromatic rings. The molecule has 10 saturated heterocycles. The average molecular weight is 295 g/mol. The van der Waals surface area contributed by atoms with Gasteiger partial charge in [0.2, 0.25) is 0 Å². The molecule has 0 bridgehead atoms. The molecule has 4 heteroatoms. The van der Waals surface area contributed by atoms with E-state index in [1.165, 1.54) is 0 Å². The molecule has 0 atom stereocenters. The molecule has 4 N–H and O–H groups in total. The molecule has 1 spiro atoms. The fourth-order valence-electron chi connectivity index (χ4n) is 16.2. The van der Waals surface area contributed by atoms with E-state index in [0.29, 0.717) is 11.5 Å². The summed E-state index contributed by atoms with van der Waals surface area (Å²) >= 11 is 0. The zero-order valence-electron chi connectivity index (χ0n) is 10.5. The average Bonchev–Trinajstić information content (AvgIpc) is 3.37. The van der Waals surface area contributed by atoms with Crippen LogP contribution in [0.3, 0.4) is 0 Å². The predicted molar refractivity (Wildman–Crippen MR) is 70.6 cm³/mol. The zero-order valence-corrected chi connectivity index (χ0v) is 11.6. The number of fused-ring (bicyclic) bond motifs is 10. The van der Waals surface area contributed by atoms with Gasteiger partial charge in [0, 0.05) is 6.20 Å². The van der Waals surface area contributed by atoms with Crippen molar-refractivity contribution in [3.63, 3.8) is 0 Å². The van der Waals surface area contributed by atoms with Crippen LogP contribution in [0.4, 0.5) is 11.5 Å². The van der Waals surface area contributed by atoms with Crippen molar-refractivity contribution in [2.24, 2.45) is 0 Å². The van der Waals surface area contributed by atoms with E-state index in [0.717, 1.165) is 0 Å². The van der Waals surface area contributed by atoms with Crippen LogP contribution in [-0.2, 0) is 6.51 Å². The van der Waals surface area contributed by atoms with Crippen molar-refractivity contribution in [3.8, 4) is 0 Å². The summed E-state index contributed by atoms with van der Waals surface area (Å²) in [4.78, 5) is 19.6. The van der Waals surface area contributed by atoms with E-state index in [9.17, 15) is 0 Å². The number of nitrogens with zero attached hydrogens (tertiary/aromatic N) is 1. The molecule has 0 saturated carbocycles. The number of aromatic nitrogens is 1. The first-order valence-corrected chi connectivity index (χ1v) is 14.0. The summed E-state index contributed by atoms with van der Waals surface area (Å²) in [5.74, 6) is 0.396. The van der Waals surface area contributed by atoms with E-state index in [1.807, 2.05) is 0 Å². The minimum atomic E-state index is -2.28. The van der Waals surface area contributed by atoms with Crippen LogP contribution in [0.5, 0.6) is 0 Å². The number of nitrogen functional groups attached to an aromatic ring is 2. The van der Waals surface area contributed by atoms with E-state index in [1.54, 1.807) is 66.5 Å². The summed E-state index contributed by atoms with van der Waals surface area (Å²) in [5, 5.41) is 0. The Balaban J connectivity index is 0.0000000821. The second-order valence-electron chi connectivity index (χ2n) is 11.1. The Hall–Kier alpha value is -0.731. The van der Waals surface area contributed by atoms with Crippen LogP contribution in [0.25, 0.3) is 0 Å². The minimum absolute atomic E-state index is 0.396. The van der Waals surface area contributed by atoms with Gasteiger partial charge in [0.1, 0.15) is 5.82 Å². The number of rotatable bonds is 0. The van der Waals surface area contributed by atoms with Crippen molar-refractivity contribution in [1.82, 2.24) is 4.98 Å². The normalized spacial score (nSPS) is 103. The van der Waals surface area contributed by atoms with Crippen molar-refractivity contribution < 1.29 is 6.51 Å². The van der Waals surface area contributed by atoms with Gasteiger partial charge < -0.3 is 11.5 Å². The molecule has 3 nitrogen and oxygen atoms in total. The Kier molecular flexibility index (Phi) is 0.248. The molecule has 10 aliphatic heterocycles. The van der Waals surface area contributed by atoms with Gasteiger partial charge in [-0.25, -0.2) is 4.98 Å². The number of hydrogen-bond donors (Lipinski definition) is 2. The summed E-state index contributed by atoms with van der Waals surface area (Å²) in [6.07, 6.45) is 1.60. The van der Waals surface area contributed by atoms with Gasteiger partial charge in [0.05, 0.1) is 5.69 Å². The Morgan fingerprint density at radius 3 is 1.37 bits per heavy atom. The second kappa shape index (κ2) is 0.644. The molecular weight excluding hydrogens is 278 g/mol. The molecule has 1 aromatic heterocycles. The van der Waals surface area contributed by atoms with E-state index in [4.69, 9.17) is 11.5 Å². The molecule has 0 unspecified atom stereocenters. The first-order valence-electron chi connectivity index (χ1n) is 7.64.